The molecule has 2 saturated heterocycles. The van der Waals surface area contributed by atoms with Gasteiger partial charge in [-0.15, -0.1) is 11.3 Å². The van der Waals surface area contributed by atoms with Crippen molar-refractivity contribution in [3.63, 3.8) is 0 Å². The molecule has 2 bridgehead atoms. The molecule has 2 unspecified atom stereocenters. The molecule has 1 aromatic heterocycles. The van der Waals surface area contributed by atoms with Gasteiger partial charge in [0.05, 0.1) is 15.9 Å². The number of ether oxygens (including phenoxy) is 1. The summed E-state index contributed by atoms with van der Waals surface area (Å²) < 4.78 is 19.2. The summed E-state index contributed by atoms with van der Waals surface area (Å²) in [5.41, 5.74) is 1.56. The Hall–Kier alpha value is -2.73. The smallest absolute Gasteiger partial charge is 0.274 e. The third-order valence-electron chi connectivity index (χ3n) is 6.69. The van der Waals surface area contributed by atoms with E-state index >= 15 is 0 Å². The number of benzene rings is 2. The highest BCUT2D eigenvalue weighted by Gasteiger charge is 2.51. The molecular weight excluding hydrogens is 411 g/mol. The Morgan fingerprint density at radius 2 is 1.87 bits per heavy atom. The molecule has 0 N–H and O–H groups in total. The quantitative estimate of drug-likeness (QED) is 0.525. The van der Waals surface area contributed by atoms with E-state index in [2.05, 4.69) is 11.9 Å². The Balaban J connectivity index is 1.43. The molecule has 3 heterocycles. The summed E-state index contributed by atoms with van der Waals surface area (Å²) in [5, 5.41) is 0.887. The molecule has 6 rings (SSSR count). The third-order valence-corrected chi connectivity index (χ3v) is 7.71. The largest absolute Gasteiger partial charge is 0.491 e. The molecule has 3 aromatic rings. The van der Waals surface area contributed by atoms with Crippen LogP contribution in [0.25, 0.3) is 10.4 Å². The van der Waals surface area contributed by atoms with Gasteiger partial charge >= 0.3 is 0 Å². The average molecular weight is 437 g/mol. The monoisotopic (exact) mass is 436 g/mol. The van der Waals surface area contributed by atoms with Crippen molar-refractivity contribution < 1.29 is 13.9 Å². The number of amides is 1. The van der Waals surface area contributed by atoms with Crippen LogP contribution in [0.5, 0.6) is 5.75 Å². The van der Waals surface area contributed by atoms with E-state index in [-0.39, 0.29) is 23.8 Å². The Kier molecular flexibility index (Phi) is 5.26. The summed E-state index contributed by atoms with van der Waals surface area (Å²) in [6, 6.07) is 16.3. The lowest BCUT2D eigenvalue weighted by molar-refractivity contribution is -0.0672. The standard InChI is InChI=1S/C25H25FN2O2S/c1-15-18-12-20(13-18)28(22(15)14-30-21-10-8-19(26)9-11-21)25(29)23-24(31-16(2)27-23)17-6-4-3-5-7-17/h3-11,15,18,20,22H,12-14H2,1-2H3. The second-order valence-electron chi connectivity index (χ2n) is 8.57. The zero-order chi connectivity index (χ0) is 21.5. The SMILES string of the molecule is Cc1nc(C(=O)N2C3CC(C3)C(C)C2COc2ccc(F)cc2)c(-c2ccccc2)s1. The van der Waals surface area contributed by atoms with Crippen molar-refractivity contribution in [3.05, 3.63) is 71.1 Å². The molecule has 1 amide bonds. The average Bonchev–Trinajstić information content (AvgIpc) is 3.14. The van der Waals surface area contributed by atoms with E-state index in [0.29, 0.717) is 29.9 Å². The molecule has 3 fully saturated rings. The van der Waals surface area contributed by atoms with Crippen LogP contribution >= 0.6 is 11.3 Å². The first-order chi connectivity index (χ1) is 15.0. The van der Waals surface area contributed by atoms with Crippen molar-refractivity contribution in [3.8, 4) is 16.2 Å². The normalized spacial score (nSPS) is 24.5. The summed E-state index contributed by atoms with van der Waals surface area (Å²) in [6.45, 7) is 4.56. The highest BCUT2D eigenvalue weighted by molar-refractivity contribution is 7.15. The summed E-state index contributed by atoms with van der Waals surface area (Å²) in [6.07, 6.45) is 2.09. The van der Waals surface area contributed by atoms with Gasteiger partial charge in [0.25, 0.3) is 5.91 Å². The number of hydrogen-bond acceptors (Lipinski definition) is 4. The maximum Gasteiger partial charge on any atom is 0.274 e. The molecule has 2 aliphatic heterocycles. The highest BCUT2D eigenvalue weighted by Crippen LogP contribution is 2.47. The van der Waals surface area contributed by atoms with E-state index in [1.165, 1.54) is 12.1 Å². The van der Waals surface area contributed by atoms with Gasteiger partial charge < -0.3 is 9.64 Å². The topological polar surface area (TPSA) is 42.4 Å². The van der Waals surface area contributed by atoms with E-state index < -0.39 is 0 Å². The number of aromatic nitrogens is 1. The molecule has 6 heteroatoms. The van der Waals surface area contributed by atoms with Gasteiger partial charge in [0.15, 0.2) is 0 Å². The third kappa shape index (κ3) is 3.74. The lowest BCUT2D eigenvalue weighted by Crippen LogP contribution is -2.64. The fourth-order valence-corrected chi connectivity index (χ4v) is 5.78. The van der Waals surface area contributed by atoms with E-state index in [1.54, 1.807) is 23.5 Å². The van der Waals surface area contributed by atoms with Gasteiger partial charge in [0.2, 0.25) is 0 Å². The van der Waals surface area contributed by atoms with Crippen LogP contribution in [0.4, 0.5) is 4.39 Å². The number of carbonyl (C=O) groups is 1. The van der Waals surface area contributed by atoms with Crippen molar-refractivity contribution in [2.45, 2.75) is 38.8 Å². The molecule has 1 saturated carbocycles. The molecule has 160 valence electrons. The van der Waals surface area contributed by atoms with Crippen LogP contribution in [0.15, 0.2) is 54.6 Å². The van der Waals surface area contributed by atoms with Gasteiger partial charge in [0, 0.05) is 6.04 Å². The van der Waals surface area contributed by atoms with Crippen LogP contribution in [0, 0.1) is 24.6 Å². The molecule has 2 aromatic carbocycles. The molecule has 0 spiro atoms. The predicted molar refractivity (Wildman–Crippen MR) is 120 cm³/mol. The number of carbonyl (C=O) groups excluding carboxylic acids is 1. The summed E-state index contributed by atoms with van der Waals surface area (Å²) in [4.78, 5) is 21.4. The van der Waals surface area contributed by atoms with Crippen LogP contribution < -0.4 is 4.74 Å². The number of fused-ring (bicyclic) bond motifs is 2. The maximum atomic E-state index is 13.8. The van der Waals surface area contributed by atoms with Crippen molar-refractivity contribution in [1.82, 2.24) is 9.88 Å². The van der Waals surface area contributed by atoms with Gasteiger partial charge in [-0.1, -0.05) is 37.3 Å². The van der Waals surface area contributed by atoms with Gasteiger partial charge in [-0.05, 0) is 61.4 Å². The summed E-state index contributed by atoms with van der Waals surface area (Å²) in [5.74, 6) is 1.29. The van der Waals surface area contributed by atoms with E-state index in [9.17, 15) is 9.18 Å². The van der Waals surface area contributed by atoms with Gasteiger partial charge in [-0.25, -0.2) is 9.37 Å². The number of piperidine rings is 2. The number of aryl methyl sites for hydroxylation is 1. The Labute approximate surface area is 185 Å². The minimum absolute atomic E-state index is 0.00842. The Morgan fingerprint density at radius 1 is 1.16 bits per heavy atom. The number of hydrogen-bond donors (Lipinski definition) is 0. The maximum absolute atomic E-state index is 13.8. The van der Waals surface area contributed by atoms with Crippen LogP contribution in [-0.2, 0) is 0 Å². The fourth-order valence-electron chi connectivity index (χ4n) is 4.87. The van der Waals surface area contributed by atoms with E-state index in [0.717, 1.165) is 28.3 Å². The van der Waals surface area contributed by atoms with E-state index in [1.807, 2.05) is 42.2 Å². The zero-order valence-electron chi connectivity index (χ0n) is 17.6. The van der Waals surface area contributed by atoms with Gasteiger partial charge in [0.1, 0.15) is 23.9 Å². The number of nitrogens with zero attached hydrogens (tertiary/aromatic N) is 2. The Morgan fingerprint density at radius 3 is 2.58 bits per heavy atom. The first kappa shape index (κ1) is 20.2. The summed E-state index contributed by atoms with van der Waals surface area (Å²) in [7, 11) is 0. The minimum atomic E-state index is -0.288. The molecule has 3 aliphatic rings. The number of rotatable bonds is 5. The number of thiazole rings is 1. The Bertz CT molecular complexity index is 1080. The van der Waals surface area contributed by atoms with Crippen molar-refractivity contribution in [2.75, 3.05) is 6.61 Å². The van der Waals surface area contributed by atoms with Crippen LogP contribution in [0.2, 0.25) is 0 Å². The predicted octanol–water partition coefficient (Wildman–Crippen LogP) is 5.58. The van der Waals surface area contributed by atoms with Crippen molar-refractivity contribution >= 4 is 17.2 Å². The molecule has 31 heavy (non-hydrogen) atoms. The highest BCUT2D eigenvalue weighted by atomic mass is 32.1. The van der Waals surface area contributed by atoms with E-state index in [4.69, 9.17) is 4.74 Å². The second kappa shape index (κ2) is 8.08. The number of halogens is 1. The zero-order valence-corrected chi connectivity index (χ0v) is 18.4. The lowest BCUT2D eigenvalue weighted by atomic mass is 9.64. The second-order valence-corrected chi connectivity index (χ2v) is 9.77. The van der Waals surface area contributed by atoms with Gasteiger partial charge in [-0.3, -0.25) is 4.79 Å². The molecular formula is C25H25FN2O2S. The molecule has 1 aliphatic carbocycles. The first-order valence-corrected chi connectivity index (χ1v) is 11.6. The first-order valence-electron chi connectivity index (χ1n) is 10.7. The summed E-state index contributed by atoms with van der Waals surface area (Å²) >= 11 is 1.56. The molecule has 4 nitrogen and oxygen atoms in total. The molecule has 0 radical (unpaired) electrons. The van der Waals surface area contributed by atoms with Crippen LogP contribution in [-0.4, -0.2) is 34.5 Å². The van der Waals surface area contributed by atoms with Crippen molar-refractivity contribution in [2.24, 2.45) is 11.8 Å². The lowest BCUT2D eigenvalue weighted by Gasteiger charge is -2.57. The van der Waals surface area contributed by atoms with Gasteiger partial charge in [-0.2, -0.15) is 0 Å². The molecule has 2 atom stereocenters. The van der Waals surface area contributed by atoms with Crippen molar-refractivity contribution in [1.29, 1.82) is 0 Å². The van der Waals surface area contributed by atoms with Crippen LogP contribution in [0.3, 0.4) is 0 Å². The van der Waals surface area contributed by atoms with Crippen LogP contribution in [0.1, 0.15) is 35.3 Å². The fraction of sp³-hybridized carbons (Fsp3) is 0.360. The minimum Gasteiger partial charge on any atom is -0.491 e.